The van der Waals surface area contributed by atoms with Gasteiger partial charge in [-0.1, -0.05) is 30.3 Å². The number of rotatable bonds is 3. The largest absolute Gasteiger partial charge is 0.361 e. The summed E-state index contributed by atoms with van der Waals surface area (Å²) in [5.41, 5.74) is 3.85. The summed E-state index contributed by atoms with van der Waals surface area (Å²) < 4.78 is 2.27. The molecule has 1 aliphatic rings. The molecule has 126 valence electrons. The van der Waals surface area contributed by atoms with E-state index in [-0.39, 0.29) is 0 Å². The van der Waals surface area contributed by atoms with Gasteiger partial charge in [0.2, 0.25) is 0 Å². The molecular weight excluding hydrogens is 308 g/mol. The van der Waals surface area contributed by atoms with Gasteiger partial charge in [0, 0.05) is 35.6 Å². The maximum atomic E-state index is 4.77. The van der Waals surface area contributed by atoms with Crippen LogP contribution in [-0.4, -0.2) is 32.8 Å². The summed E-state index contributed by atoms with van der Waals surface area (Å²) in [6.07, 6.45) is 6.45. The third-order valence-corrected chi connectivity index (χ3v) is 5.36. The Hall–Kier alpha value is -2.59. The fraction of sp³-hybridized carbons (Fsp3) is 0.286. The van der Waals surface area contributed by atoms with Crippen LogP contribution in [0.25, 0.3) is 21.8 Å². The van der Waals surface area contributed by atoms with Crippen LogP contribution in [0.5, 0.6) is 0 Å². The SMILES string of the molecule is c1ccc(CN2CCCC(n3ncc4ccc5[nH]ccc5c43)C2)cc1. The van der Waals surface area contributed by atoms with Crippen molar-refractivity contribution in [2.75, 3.05) is 13.1 Å². The lowest BCUT2D eigenvalue weighted by atomic mass is 10.0. The minimum atomic E-state index is 0.440. The summed E-state index contributed by atoms with van der Waals surface area (Å²) in [6.45, 7) is 3.26. The van der Waals surface area contributed by atoms with Crippen molar-refractivity contribution in [2.45, 2.75) is 25.4 Å². The first kappa shape index (κ1) is 14.7. The molecule has 5 rings (SSSR count). The monoisotopic (exact) mass is 330 g/mol. The summed E-state index contributed by atoms with van der Waals surface area (Å²) in [5.74, 6) is 0. The van der Waals surface area contributed by atoms with Gasteiger partial charge in [-0.15, -0.1) is 0 Å². The van der Waals surface area contributed by atoms with E-state index in [0.717, 1.165) is 13.1 Å². The molecule has 0 amide bonds. The smallest absolute Gasteiger partial charge is 0.0780 e. The molecule has 1 fully saturated rings. The second kappa shape index (κ2) is 6.05. The van der Waals surface area contributed by atoms with Crippen LogP contribution in [0.15, 0.2) is 60.9 Å². The number of aromatic nitrogens is 3. The topological polar surface area (TPSA) is 36.9 Å². The van der Waals surface area contributed by atoms with Gasteiger partial charge in [-0.2, -0.15) is 5.10 Å². The second-order valence-corrected chi connectivity index (χ2v) is 7.05. The van der Waals surface area contributed by atoms with Crippen molar-refractivity contribution in [2.24, 2.45) is 0 Å². The molecule has 1 unspecified atom stereocenters. The first-order valence-corrected chi connectivity index (χ1v) is 9.08. The highest BCUT2D eigenvalue weighted by molar-refractivity contribution is 6.04. The molecule has 0 spiro atoms. The molecule has 0 aliphatic carbocycles. The Balaban J connectivity index is 1.46. The van der Waals surface area contributed by atoms with Crippen molar-refractivity contribution in [1.82, 2.24) is 19.7 Å². The normalized spacial score (nSPS) is 19.0. The van der Waals surface area contributed by atoms with Crippen molar-refractivity contribution in [1.29, 1.82) is 0 Å². The number of aromatic amines is 1. The lowest BCUT2D eigenvalue weighted by molar-refractivity contribution is 0.166. The van der Waals surface area contributed by atoms with Crippen LogP contribution < -0.4 is 0 Å². The maximum absolute atomic E-state index is 4.77. The van der Waals surface area contributed by atoms with Gasteiger partial charge in [-0.25, -0.2) is 0 Å². The molecule has 0 radical (unpaired) electrons. The number of fused-ring (bicyclic) bond motifs is 3. The number of H-pyrrole nitrogens is 1. The van der Waals surface area contributed by atoms with Crippen LogP contribution in [0, 0.1) is 0 Å². The lowest BCUT2D eigenvalue weighted by Gasteiger charge is -2.33. The van der Waals surface area contributed by atoms with Gasteiger partial charge in [0.15, 0.2) is 0 Å². The summed E-state index contributed by atoms with van der Waals surface area (Å²) in [6, 6.07) is 17.7. The first-order valence-electron chi connectivity index (χ1n) is 9.08. The molecule has 2 aromatic heterocycles. The summed E-state index contributed by atoms with van der Waals surface area (Å²) in [7, 11) is 0. The predicted octanol–water partition coefficient (Wildman–Crippen LogP) is 4.35. The third kappa shape index (κ3) is 2.63. The Labute approximate surface area is 147 Å². The van der Waals surface area contributed by atoms with E-state index in [1.165, 1.54) is 46.8 Å². The van der Waals surface area contributed by atoms with E-state index < -0.39 is 0 Å². The average molecular weight is 330 g/mol. The number of hydrogen-bond acceptors (Lipinski definition) is 2. The Morgan fingerprint density at radius 1 is 1.08 bits per heavy atom. The van der Waals surface area contributed by atoms with E-state index in [1.54, 1.807) is 0 Å². The zero-order valence-corrected chi connectivity index (χ0v) is 14.2. The zero-order valence-electron chi connectivity index (χ0n) is 14.2. The summed E-state index contributed by atoms with van der Waals surface area (Å²) in [4.78, 5) is 5.89. The molecule has 25 heavy (non-hydrogen) atoms. The van der Waals surface area contributed by atoms with Crippen LogP contribution in [0.4, 0.5) is 0 Å². The molecule has 0 saturated carbocycles. The molecular formula is C21H22N4. The molecule has 2 aromatic carbocycles. The second-order valence-electron chi connectivity index (χ2n) is 7.05. The molecule has 0 bridgehead atoms. The number of benzene rings is 2. The van der Waals surface area contributed by atoms with Gasteiger partial charge in [0.1, 0.15) is 0 Å². The van der Waals surface area contributed by atoms with Crippen LogP contribution in [0.3, 0.4) is 0 Å². The zero-order chi connectivity index (χ0) is 16.6. The Morgan fingerprint density at radius 3 is 2.92 bits per heavy atom. The van der Waals surface area contributed by atoms with Crippen molar-refractivity contribution in [3.05, 3.63) is 66.5 Å². The molecule has 4 aromatic rings. The van der Waals surface area contributed by atoms with Crippen molar-refractivity contribution >= 4 is 21.8 Å². The molecule has 1 N–H and O–H groups in total. The van der Waals surface area contributed by atoms with E-state index in [2.05, 4.69) is 63.1 Å². The fourth-order valence-corrected chi connectivity index (χ4v) is 4.17. The predicted molar refractivity (Wildman–Crippen MR) is 102 cm³/mol. The highest BCUT2D eigenvalue weighted by Crippen LogP contribution is 2.30. The van der Waals surface area contributed by atoms with Crippen molar-refractivity contribution in [3.8, 4) is 0 Å². The quantitative estimate of drug-likeness (QED) is 0.606. The number of nitrogens with zero attached hydrogens (tertiary/aromatic N) is 3. The molecule has 1 atom stereocenters. The van der Waals surface area contributed by atoms with Crippen LogP contribution in [0.1, 0.15) is 24.4 Å². The summed E-state index contributed by atoms with van der Waals surface area (Å²) in [5, 5.41) is 7.27. The van der Waals surface area contributed by atoms with Crippen molar-refractivity contribution in [3.63, 3.8) is 0 Å². The number of hydrogen-bond donors (Lipinski definition) is 1. The highest BCUT2D eigenvalue weighted by Gasteiger charge is 2.23. The van der Waals surface area contributed by atoms with Gasteiger partial charge in [0.05, 0.1) is 17.8 Å². The Kier molecular flexibility index (Phi) is 3.56. The van der Waals surface area contributed by atoms with Crippen LogP contribution in [-0.2, 0) is 6.54 Å². The summed E-state index contributed by atoms with van der Waals surface area (Å²) >= 11 is 0. The van der Waals surface area contributed by atoms with E-state index in [1.807, 2.05) is 12.4 Å². The minimum absolute atomic E-state index is 0.440. The van der Waals surface area contributed by atoms with Gasteiger partial charge in [-0.3, -0.25) is 9.58 Å². The highest BCUT2D eigenvalue weighted by atomic mass is 15.3. The van der Waals surface area contributed by atoms with E-state index >= 15 is 0 Å². The third-order valence-electron chi connectivity index (χ3n) is 5.36. The maximum Gasteiger partial charge on any atom is 0.0780 e. The Bertz CT molecular complexity index is 999. The standard InChI is InChI=1S/C21H22N4/c1-2-5-16(6-3-1)14-24-12-4-7-18(15-24)25-21-17(13-23-25)8-9-20-19(21)10-11-22-20/h1-3,5-6,8-11,13,18,22H,4,7,12,14-15H2. The lowest BCUT2D eigenvalue weighted by Crippen LogP contribution is -2.36. The average Bonchev–Trinajstić information content (AvgIpc) is 3.29. The minimum Gasteiger partial charge on any atom is -0.361 e. The number of piperidine rings is 1. The van der Waals surface area contributed by atoms with E-state index in [9.17, 15) is 0 Å². The van der Waals surface area contributed by atoms with Crippen LogP contribution in [0.2, 0.25) is 0 Å². The molecule has 1 saturated heterocycles. The molecule has 4 nitrogen and oxygen atoms in total. The van der Waals surface area contributed by atoms with Crippen LogP contribution >= 0.6 is 0 Å². The van der Waals surface area contributed by atoms with Gasteiger partial charge >= 0.3 is 0 Å². The fourth-order valence-electron chi connectivity index (χ4n) is 4.17. The van der Waals surface area contributed by atoms with Crippen molar-refractivity contribution < 1.29 is 0 Å². The van der Waals surface area contributed by atoms with E-state index in [0.29, 0.717) is 6.04 Å². The molecule has 3 heterocycles. The number of likely N-dealkylation sites (tertiary alicyclic amines) is 1. The van der Waals surface area contributed by atoms with Gasteiger partial charge in [-0.05, 0) is 43.1 Å². The van der Waals surface area contributed by atoms with E-state index in [4.69, 9.17) is 5.10 Å². The van der Waals surface area contributed by atoms with Gasteiger partial charge < -0.3 is 4.98 Å². The molecule has 1 aliphatic heterocycles. The molecule has 4 heteroatoms. The Morgan fingerprint density at radius 2 is 2.00 bits per heavy atom. The number of nitrogens with one attached hydrogen (secondary N) is 1. The van der Waals surface area contributed by atoms with Gasteiger partial charge in [0.25, 0.3) is 0 Å². The first-order chi connectivity index (χ1) is 12.4.